The van der Waals surface area contributed by atoms with Gasteiger partial charge in [-0.15, -0.1) is 0 Å². The number of rotatable bonds is 6. The number of fused-ring (bicyclic) bond motifs is 6. The highest BCUT2D eigenvalue weighted by Crippen LogP contribution is 2.48. The second kappa shape index (κ2) is 14.0. The van der Waals surface area contributed by atoms with Crippen LogP contribution in [-0.4, -0.2) is 98.0 Å². The maximum Gasteiger partial charge on any atom is 0.408 e. The van der Waals surface area contributed by atoms with Crippen LogP contribution in [0.1, 0.15) is 57.6 Å². The highest BCUT2D eigenvalue weighted by atomic mass is 32.2. The Morgan fingerprint density at radius 3 is 2.35 bits per heavy atom. The van der Waals surface area contributed by atoms with Gasteiger partial charge in [0.25, 0.3) is 5.91 Å². The number of hydrogen-bond donors (Lipinski definition) is 3. The smallest absolute Gasteiger partial charge is 0.408 e. The number of alkyl carbamates (subject to hydrolysis) is 1. The van der Waals surface area contributed by atoms with E-state index in [0.717, 1.165) is 22.3 Å². The van der Waals surface area contributed by atoms with Gasteiger partial charge in [-0.3, -0.25) is 19.1 Å². The largest absolute Gasteiger partial charge is 0.490 e. The van der Waals surface area contributed by atoms with Crippen LogP contribution < -0.4 is 20.1 Å². The summed E-state index contributed by atoms with van der Waals surface area (Å²) in [5.74, 6) is -4.04. The number of ether oxygens (including phenoxy) is 2. The van der Waals surface area contributed by atoms with Crippen molar-refractivity contribution in [3.63, 3.8) is 0 Å². The lowest BCUT2D eigenvalue weighted by atomic mass is 9.85. The Morgan fingerprint density at radius 1 is 1.00 bits per heavy atom. The maximum absolute atomic E-state index is 14.4. The Balaban J connectivity index is 1.23. The second-order valence-corrected chi connectivity index (χ2v) is 17.2. The summed E-state index contributed by atoms with van der Waals surface area (Å²) >= 11 is 0. The summed E-state index contributed by atoms with van der Waals surface area (Å²) in [4.78, 5) is 62.0. The number of amides is 4. The van der Waals surface area contributed by atoms with Gasteiger partial charge >= 0.3 is 6.09 Å². The van der Waals surface area contributed by atoms with E-state index in [1.807, 2.05) is 47.2 Å². The molecule has 3 aliphatic carbocycles. The highest BCUT2D eigenvalue weighted by Gasteiger charge is 2.67. The Hall–Kier alpha value is -5.06. The molecule has 7 rings (SSSR count). The summed E-state index contributed by atoms with van der Waals surface area (Å²) in [6, 6.07) is 10.5. The van der Waals surface area contributed by atoms with Crippen LogP contribution >= 0.6 is 0 Å². The lowest BCUT2D eigenvalue weighted by Crippen LogP contribution is -2.60. The average Bonchev–Trinajstić information content (AvgIpc) is 4.03. The number of carbonyl (C=O) groups excluding carboxylic acids is 4. The molecule has 5 atom stereocenters. The number of hydrogen-bond acceptors (Lipinski definition) is 10. The van der Waals surface area contributed by atoms with Crippen molar-refractivity contribution in [2.24, 2.45) is 16.5 Å². The SMILES string of the molecule is CC(C)(C)[C@@H]1NC(=O)OC/C=C/COc2ccc3c(c2)/C(=N\O[C@@H]2C[C@@H](C(=O)N[C@@]4(C(=O)NS(=O)(=O)C5CC5)C[C@H]4C(F)F)N(C2)C1=O)c1ccccc1-3. The average molecular weight is 770 g/mol. The number of alkyl halides is 2. The summed E-state index contributed by atoms with van der Waals surface area (Å²) < 4.78 is 66.5. The molecule has 0 spiro atoms. The molecule has 17 heteroatoms. The van der Waals surface area contributed by atoms with E-state index in [9.17, 15) is 36.4 Å². The first-order chi connectivity index (χ1) is 25.6. The molecule has 4 bridgehead atoms. The first-order valence-corrected chi connectivity index (χ1v) is 19.3. The summed E-state index contributed by atoms with van der Waals surface area (Å²) in [6.07, 6.45) is -1.63. The van der Waals surface area contributed by atoms with Crippen LogP contribution in [0.15, 0.2) is 59.8 Å². The third-order valence-corrected chi connectivity index (χ3v) is 12.1. The molecule has 288 valence electrons. The molecular weight excluding hydrogens is 728 g/mol. The monoisotopic (exact) mass is 769 g/mol. The molecule has 14 nitrogen and oxygen atoms in total. The first-order valence-electron chi connectivity index (χ1n) is 17.7. The molecule has 2 heterocycles. The van der Waals surface area contributed by atoms with Gasteiger partial charge in [-0.2, -0.15) is 0 Å². The van der Waals surface area contributed by atoms with Gasteiger partial charge in [0.1, 0.15) is 48.4 Å². The van der Waals surface area contributed by atoms with Crippen LogP contribution in [0.3, 0.4) is 0 Å². The minimum Gasteiger partial charge on any atom is -0.490 e. The van der Waals surface area contributed by atoms with Gasteiger partial charge in [0.2, 0.25) is 28.3 Å². The normalized spacial score (nSPS) is 28.4. The van der Waals surface area contributed by atoms with Crippen molar-refractivity contribution in [2.45, 2.75) is 81.9 Å². The maximum atomic E-state index is 14.4. The van der Waals surface area contributed by atoms with Crippen molar-refractivity contribution in [3.8, 4) is 16.9 Å². The molecule has 0 radical (unpaired) electrons. The van der Waals surface area contributed by atoms with E-state index < -0.39 is 87.0 Å². The third-order valence-electron chi connectivity index (χ3n) is 10.3. The molecule has 3 N–H and O–H groups in total. The zero-order valence-corrected chi connectivity index (χ0v) is 30.7. The Kier molecular flexibility index (Phi) is 9.64. The van der Waals surface area contributed by atoms with Crippen LogP contribution in [0.5, 0.6) is 5.75 Å². The molecule has 5 aliphatic rings. The number of sulfonamides is 1. The van der Waals surface area contributed by atoms with Gasteiger partial charge in [0.05, 0.1) is 17.7 Å². The van der Waals surface area contributed by atoms with Crippen LogP contribution in [0, 0.1) is 11.3 Å². The van der Waals surface area contributed by atoms with Crippen molar-refractivity contribution in [1.82, 2.24) is 20.3 Å². The predicted octanol–water partition coefficient (Wildman–Crippen LogP) is 3.24. The molecule has 2 aromatic rings. The fraction of sp³-hybridized carbons (Fsp3) is 0.486. The molecule has 3 fully saturated rings. The van der Waals surface area contributed by atoms with E-state index in [1.54, 1.807) is 32.9 Å². The van der Waals surface area contributed by atoms with Crippen LogP contribution in [0.2, 0.25) is 0 Å². The topological polar surface area (TPSA) is 182 Å². The number of halogens is 2. The van der Waals surface area contributed by atoms with Crippen molar-refractivity contribution in [1.29, 1.82) is 0 Å². The zero-order chi connectivity index (χ0) is 38.6. The molecular formula is C37H41F2N5O9S. The van der Waals surface area contributed by atoms with E-state index in [2.05, 4.69) is 15.8 Å². The number of oxime groups is 1. The van der Waals surface area contributed by atoms with E-state index >= 15 is 0 Å². The van der Waals surface area contributed by atoms with E-state index in [1.165, 1.54) is 4.90 Å². The number of nitrogens with one attached hydrogen (secondary N) is 3. The lowest BCUT2D eigenvalue weighted by molar-refractivity contribution is -0.143. The fourth-order valence-electron chi connectivity index (χ4n) is 7.12. The van der Waals surface area contributed by atoms with Gasteiger partial charge in [0, 0.05) is 17.5 Å². The lowest BCUT2D eigenvalue weighted by Gasteiger charge is -2.35. The van der Waals surface area contributed by atoms with E-state index in [0.29, 0.717) is 24.3 Å². The van der Waals surface area contributed by atoms with Crippen molar-refractivity contribution in [2.75, 3.05) is 19.8 Å². The van der Waals surface area contributed by atoms with Crippen LogP contribution in [-0.2, 0) is 34.0 Å². The van der Waals surface area contributed by atoms with E-state index in [4.69, 9.17) is 14.3 Å². The van der Waals surface area contributed by atoms with E-state index in [-0.39, 0.29) is 26.2 Å². The number of cyclic esters (lactones) is 1. The Bertz CT molecular complexity index is 2050. The molecule has 54 heavy (non-hydrogen) atoms. The third kappa shape index (κ3) is 7.24. The Labute approximate surface area is 310 Å². The van der Waals surface area contributed by atoms with Gasteiger partial charge in [-0.1, -0.05) is 50.2 Å². The molecule has 1 saturated heterocycles. The van der Waals surface area contributed by atoms with Crippen molar-refractivity contribution >= 4 is 39.5 Å². The van der Waals surface area contributed by atoms with Crippen LogP contribution in [0.25, 0.3) is 11.1 Å². The fourth-order valence-corrected chi connectivity index (χ4v) is 8.49. The first kappa shape index (κ1) is 37.3. The minimum absolute atomic E-state index is 0.132. The molecule has 0 unspecified atom stereocenters. The van der Waals surface area contributed by atoms with Gasteiger partial charge in [-0.05, 0) is 66.2 Å². The number of benzene rings is 2. The Morgan fingerprint density at radius 2 is 1.69 bits per heavy atom. The van der Waals surface area contributed by atoms with Gasteiger partial charge < -0.3 is 29.8 Å². The standard InChI is InChI=1S/C37H41F2N5O9S/c1-36(2,3)30-33(46)44-19-21(17-28(44)32(45)41-37(18-27(37)31(38)39)34(47)43-54(49,50)22-11-12-22)53-42-29-25-9-5-4-8-23(25)24-13-10-20(16-26(24)29)51-14-6-7-15-52-35(48)40-30/h4-10,13,16,21-22,27-28,30-31H,11-12,14-15,17-19H2,1-3H3,(H,40,48)(H,41,45)(H,43,47)/b7-6+,42-29-/t21-,27+,28+,30-,37+/m1/s1. The summed E-state index contributed by atoms with van der Waals surface area (Å²) in [6.45, 7) is 4.95. The van der Waals surface area contributed by atoms with Gasteiger partial charge in [-0.25, -0.2) is 22.0 Å². The molecule has 2 aromatic carbocycles. The highest BCUT2D eigenvalue weighted by molar-refractivity contribution is 7.91. The molecule has 2 saturated carbocycles. The summed E-state index contributed by atoms with van der Waals surface area (Å²) in [5.41, 5.74) is 0.661. The molecule has 2 aliphatic heterocycles. The number of nitrogens with zero attached hydrogens (tertiary/aromatic N) is 2. The van der Waals surface area contributed by atoms with Crippen molar-refractivity contribution < 1.29 is 50.7 Å². The summed E-state index contributed by atoms with van der Waals surface area (Å²) in [5, 5.41) is 8.72. The summed E-state index contributed by atoms with van der Waals surface area (Å²) in [7, 11) is -4.13. The molecule has 4 amide bonds. The van der Waals surface area contributed by atoms with Crippen molar-refractivity contribution in [3.05, 3.63) is 65.7 Å². The predicted molar refractivity (Wildman–Crippen MR) is 190 cm³/mol. The van der Waals surface area contributed by atoms with Crippen LogP contribution in [0.4, 0.5) is 13.6 Å². The second-order valence-electron chi connectivity index (χ2n) is 15.3. The quantitative estimate of drug-likeness (QED) is 0.317. The minimum atomic E-state index is -4.13. The van der Waals surface area contributed by atoms with Gasteiger partial charge in [0.15, 0.2) is 0 Å². The zero-order valence-electron chi connectivity index (χ0n) is 29.8. The number of carbonyl (C=O) groups is 4. The molecule has 0 aromatic heterocycles.